The number of nitrogens with two attached hydrogens (primary N) is 1. The molecule has 3 rings (SSSR count). The van der Waals surface area contributed by atoms with Crippen molar-refractivity contribution in [1.29, 1.82) is 0 Å². The Balaban J connectivity index is 1.87. The van der Waals surface area contributed by atoms with Crippen LogP contribution in [0.1, 0.15) is 11.4 Å². The Bertz CT molecular complexity index is 790. The number of nitrogens with zero attached hydrogens (tertiary/aromatic N) is 3. The molecule has 0 aliphatic rings. The number of pyridine rings is 1. The van der Waals surface area contributed by atoms with Gasteiger partial charge in [-0.25, -0.2) is 4.39 Å². The van der Waals surface area contributed by atoms with Crippen LogP contribution >= 0.6 is 11.6 Å². The Morgan fingerprint density at radius 1 is 1.29 bits per heavy atom. The quantitative estimate of drug-likeness (QED) is 0.804. The highest BCUT2D eigenvalue weighted by molar-refractivity contribution is 6.30. The van der Waals surface area contributed by atoms with E-state index < -0.39 is 5.82 Å². The Kier molecular flexibility index (Phi) is 3.53. The monoisotopic (exact) mass is 304 g/mol. The maximum atomic E-state index is 13.8. The molecule has 0 saturated heterocycles. The topological polar surface area (TPSA) is 77.8 Å². The molecule has 2 heterocycles. The van der Waals surface area contributed by atoms with Gasteiger partial charge < -0.3 is 10.3 Å². The molecule has 0 radical (unpaired) electrons. The number of hydrogen-bond acceptors (Lipinski definition) is 5. The maximum Gasteiger partial charge on any atom is 0.259 e. The molecule has 0 aliphatic carbocycles. The first-order chi connectivity index (χ1) is 10.1. The second-order valence-electron chi connectivity index (χ2n) is 4.41. The molecule has 0 saturated carbocycles. The van der Waals surface area contributed by atoms with Crippen molar-refractivity contribution in [3.63, 3.8) is 0 Å². The van der Waals surface area contributed by atoms with Gasteiger partial charge in [0.1, 0.15) is 5.82 Å². The lowest BCUT2D eigenvalue weighted by atomic mass is 10.1. The van der Waals surface area contributed by atoms with Crippen molar-refractivity contribution >= 4 is 17.3 Å². The van der Waals surface area contributed by atoms with E-state index in [0.29, 0.717) is 22.6 Å². The Morgan fingerprint density at radius 3 is 2.95 bits per heavy atom. The second kappa shape index (κ2) is 5.49. The molecule has 5 nitrogen and oxygen atoms in total. The highest BCUT2D eigenvalue weighted by Crippen LogP contribution is 2.22. The minimum absolute atomic E-state index is 0.0660. The maximum absolute atomic E-state index is 13.8. The van der Waals surface area contributed by atoms with Gasteiger partial charge in [-0.05, 0) is 17.7 Å². The number of nitrogen functional groups attached to an aromatic ring is 1. The summed E-state index contributed by atoms with van der Waals surface area (Å²) in [5, 5.41) is 3.89. The second-order valence-corrected chi connectivity index (χ2v) is 4.82. The number of halogens is 2. The fourth-order valence-electron chi connectivity index (χ4n) is 1.87. The fraction of sp³-hybridized carbons (Fsp3) is 0.0714. The van der Waals surface area contributed by atoms with Crippen molar-refractivity contribution in [1.82, 2.24) is 15.1 Å². The third-order valence-electron chi connectivity index (χ3n) is 2.85. The van der Waals surface area contributed by atoms with Crippen molar-refractivity contribution < 1.29 is 8.91 Å². The van der Waals surface area contributed by atoms with Crippen LogP contribution in [-0.2, 0) is 6.42 Å². The summed E-state index contributed by atoms with van der Waals surface area (Å²) in [4.78, 5) is 8.15. The third kappa shape index (κ3) is 2.85. The standard InChI is InChI=1S/C14H10ClFN4O/c15-11-3-1-2-8(13(11)16)5-12-19-14(21-20-12)9-4-10(17)7-18-6-9/h1-4,6-7H,5,17H2. The molecule has 0 spiro atoms. The van der Waals surface area contributed by atoms with Crippen LogP contribution in [0.4, 0.5) is 10.1 Å². The summed E-state index contributed by atoms with van der Waals surface area (Å²) in [6.07, 6.45) is 3.27. The van der Waals surface area contributed by atoms with E-state index >= 15 is 0 Å². The molecule has 0 bridgehead atoms. The minimum atomic E-state index is -0.476. The van der Waals surface area contributed by atoms with Crippen molar-refractivity contribution in [3.05, 3.63) is 58.9 Å². The van der Waals surface area contributed by atoms with Crippen LogP contribution in [-0.4, -0.2) is 15.1 Å². The van der Waals surface area contributed by atoms with E-state index in [0.717, 1.165) is 0 Å². The third-order valence-corrected chi connectivity index (χ3v) is 3.15. The Hall–Kier alpha value is -2.47. The highest BCUT2D eigenvalue weighted by atomic mass is 35.5. The lowest BCUT2D eigenvalue weighted by Crippen LogP contribution is -1.95. The molecule has 0 amide bonds. The van der Waals surface area contributed by atoms with Crippen molar-refractivity contribution in [2.45, 2.75) is 6.42 Å². The highest BCUT2D eigenvalue weighted by Gasteiger charge is 2.13. The van der Waals surface area contributed by atoms with Gasteiger partial charge in [0.05, 0.1) is 16.3 Å². The number of anilines is 1. The van der Waals surface area contributed by atoms with E-state index in [1.807, 2.05) is 0 Å². The summed E-state index contributed by atoms with van der Waals surface area (Å²) < 4.78 is 19.0. The van der Waals surface area contributed by atoms with Crippen LogP contribution in [0.2, 0.25) is 5.02 Å². The molecule has 21 heavy (non-hydrogen) atoms. The molecule has 1 aromatic carbocycles. The number of aromatic nitrogens is 3. The summed E-state index contributed by atoms with van der Waals surface area (Å²) in [5.74, 6) is 0.164. The Labute approximate surface area is 124 Å². The fourth-order valence-corrected chi connectivity index (χ4v) is 2.07. The van der Waals surface area contributed by atoms with Gasteiger partial charge in [0.15, 0.2) is 5.82 Å². The molecular weight excluding hydrogens is 295 g/mol. The van der Waals surface area contributed by atoms with E-state index in [-0.39, 0.29) is 17.3 Å². The SMILES string of the molecule is Nc1cncc(-c2nc(Cc3cccc(Cl)c3F)no2)c1. The van der Waals surface area contributed by atoms with E-state index in [1.165, 1.54) is 12.3 Å². The first kappa shape index (κ1) is 13.5. The molecular formula is C14H10ClFN4O. The summed E-state index contributed by atoms with van der Waals surface area (Å²) in [6, 6.07) is 6.45. The normalized spacial score (nSPS) is 10.8. The van der Waals surface area contributed by atoms with Gasteiger partial charge >= 0.3 is 0 Å². The number of benzene rings is 1. The van der Waals surface area contributed by atoms with Crippen molar-refractivity contribution in [3.8, 4) is 11.5 Å². The summed E-state index contributed by atoms with van der Waals surface area (Å²) in [6.45, 7) is 0. The molecule has 7 heteroatoms. The zero-order valence-corrected chi connectivity index (χ0v) is 11.5. The summed E-state index contributed by atoms with van der Waals surface area (Å²) in [7, 11) is 0. The van der Waals surface area contributed by atoms with Gasteiger partial charge in [0.2, 0.25) is 0 Å². The lowest BCUT2D eigenvalue weighted by molar-refractivity contribution is 0.423. The van der Waals surface area contributed by atoms with Crippen LogP contribution in [0, 0.1) is 5.82 Å². The van der Waals surface area contributed by atoms with E-state index in [1.54, 1.807) is 24.4 Å². The van der Waals surface area contributed by atoms with Crippen LogP contribution in [0.3, 0.4) is 0 Å². The van der Waals surface area contributed by atoms with Gasteiger partial charge in [-0.3, -0.25) is 4.98 Å². The smallest absolute Gasteiger partial charge is 0.259 e. The lowest BCUT2D eigenvalue weighted by Gasteiger charge is -2.00. The van der Waals surface area contributed by atoms with Crippen LogP contribution in [0.5, 0.6) is 0 Å². The van der Waals surface area contributed by atoms with Crippen LogP contribution in [0.25, 0.3) is 11.5 Å². The number of rotatable bonds is 3. The largest absolute Gasteiger partial charge is 0.397 e. The Morgan fingerprint density at radius 2 is 2.14 bits per heavy atom. The molecule has 0 fully saturated rings. The first-order valence-corrected chi connectivity index (χ1v) is 6.47. The first-order valence-electron chi connectivity index (χ1n) is 6.10. The summed E-state index contributed by atoms with van der Waals surface area (Å²) >= 11 is 5.74. The zero-order valence-electron chi connectivity index (χ0n) is 10.8. The van der Waals surface area contributed by atoms with Gasteiger partial charge in [0, 0.05) is 18.8 Å². The molecule has 0 unspecified atom stereocenters. The average Bonchev–Trinajstić information content (AvgIpc) is 2.93. The summed E-state index contributed by atoms with van der Waals surface area (Å²) in [5.41, 5.74) is 7.15. The molecule has 3 aromatic rings. The average molecular weight is 305 g/mol. The minimum Gasteiger partial charge on any atom is -0.397 e. The number of hydrogen-bond donors (Lipinski definition) is 1. The molecule has 2 N–H and O–H groups in total. The molecule has 106 valence electrons. The van der Waals surface area contributed by atoms with Crippen LogP contribution in [0.15, 0.2) is 41.2 Å². The van der Waals surface area contributed by atoms with Gasteiger partial charge in [0.25, 0.3) is 5.89 Å². The van der Waals surface area contributed by atoms with Crippen molar-refractivity contribution in [2.24, 2.45) is 0 Å². The zero-order chi connectivity index (χ0) is 14.8. The van der Waals surface area contributed by atoms with E-state index in [4.69, 9.17) is 21.9 Å². The van der Waals surface area contributed by atoms with Gasteiger partial charge in [-0.2, -0.15) is 4.98 Å². The van der Waals surface area contributed by atoms with Crippen LogP contribution < -0.4 is 5.73 Å². The molecule has 0 atom stereocenters. The molecule has 2 aromatic heterocycles. The van der Waals surface area contributed by atoms with Gasteiger partial charge in [-0.15, -0.1) is 0 Å². The predicted octanol–water partition coefficient (Wildman–Crippen LogP) is 3.10. The van der Waals surface area contributed by atoms with E-state index in [2.05, 4.69) is 15.1 Å². The molecule has 0 aliphatic heterocycles. The van der Waals surface area contributed by atoms with Crippen molar-refractivity contribution in [2.75, 3.05) is 5.73 Å². The van der Waals surface area contributed by atoms with E-state index in [9.17, 15) is 4.39 Å². The predicted molar refractivity (Wildman–Crippen MR) is 76.2 cm³/mol. The van der Waals surface area contributed by atoms with Gasteiger partial charge in [-0.1, -0.05) is 28.9 Å².